The number of hydrogen-bond acceptors (Lipinski definition) is 2. The Morgan fingerprint density at radius 2 is 1.19 bits per heavy atom. The molecule has 0 saturated carbocycles. The van der Waals surface area contributed by atoms with Gasteiger partial charge in [-0.1, -0.05) is 3.89 Å². The van der Waals surface area contributed by atoms with E-state index in [2.05, 4.69) is 0 Å². The zero-order chi connectivity index (χ0) is 13.6. The van der Waals surface area contributed by atoms with Gasteiger partial charge < -0.3 is 0 Å². The summed E-state index contributed by atoms with van der Waals surface area (Å²) in [7, 11) is -7.47. The van der Waals surface area contributed by atoms with Crippen LogP contribution in [-0.4, -0.2) is 31.9 Å². The van der Waals surface area contributed by atoms with Crippen molar-refractivity contribution in [3.05, 3.63) is 0 Å². The first-order valence-electron chi connectivity index (χ1n) is 3.05. The summed E-state index contributed by atoms with van der Waals surface area (Å²) in [6, 6.07) is 0. The van der Waals surface area contributed by atoms with Gasteiger partial charge in [0.1, 0.15) is 0 Å². The zero-order valence-electron chi connectivity index (χ0n) is 6.70. The van der Waals surface area contributed by atoms with Crippen molar-refractivity contribution in [2.75, 3.05) is 0 Å². The molecule has 0 atom stereocenters. The fraction of sp³-hybridized carbons (Fsp3) is 1.00. The highest BCUT2D eigenvalue weighted by atomic mass is 32.3. The molecule has 0 N–H and O–H groups in total. The third-order valence-corrected chi connectivity index (χ3v) is 2.23. The summed E-state index contributed by atoms with van der Waals surface area (Å²) in [6.07, 6.45) is -5.30. The minimum absolute atomic E-state index is 5.30. The first kappa shape index (κ1) is 15.3. The molecule has 2 nitrogen and oxygen atoms in total. The molecule has 0 unspecified atom stereocenters. The topological polar surface area (TPSA) is 34.1 Å². The minimum atomic E-state index is -7.47. The Kier molecular flexibility index (Phi) is 3.51. The fourth-order valence-corrected chi connectivity index (χ4v) is 0.926. The molecule has 0 aromatic carbocycles. The number of hydrogen-bond donors (Lipinski definition) is 0. The lowest BCUT2D eigenvalue weighted by Gasteiger charge is -2.29. The summed E-state index contributed by atoms with van der Waals surface area (Å²) in [4.78, 5) is 0. The molecule has 98 valence electrons. The first-order valence-corrected chi connectivity index (χ1v) is 4.43. The largest absolute Gasteiger partial charge is 0.442 e. The molecule has 0 fully saturated rings. The van der Waals surface area contributed by atoms with Crippen LogP contribution < -0.4 is 0 Å². The molecule has 0 aliphatic carbocycles. The average Bonchev–Trinajstić information content (AvgIpc) is 2.00. The number of halogens is 9. The Hall–Kier alpha value is -0.680. The Morgan fingerprint density at radius 1 is 0.875 bits per heavy atom. The van der Waals surface area contributed by atoms with Gasteiger partial charge in [0.2, 0.25) is 0 Å². The van der Waals surface area contributed by atoms with E-state index in [1.165, 1.54) is 0 Å². The van der Waals surface area contributed by atoms with Crippen molar-refractivity contribution in [1.29, 1.82) is 0 Å². The molecule has 0 aliphatic rings. The third kappa shape index (κ3) is 1.94. The Labute approximate surface area is 82.2 Å². The summed E-state index contributed by atoms with van der Waals surface area (Å²) in [5, 5.41) is -6.96. The monoisotopic (exact) mass is 284 g/mol. The maximum Gasteiger partial charge on any atom is 0.442 e. The van der Waals surface area contributed by atoms with Gasteiger partial charge in [-0.05, 0) is 0 Å². The van der Waals surface area contributed by atoms with Crippen molar-refractivity contribution in [3.63, 3.8) is 0 Å². The smallest absolute Gasteiger partial charge is 0.203 e. The van der Waals surface area contributed by atoms with E-state index in [0.717, 1.165) is 0 Å². The van der Waals surface area contributed by atoms with Gasteiger partial charge in [-0.3, -0.25) is 0 Å². The van der Waals surface area contributed by atoms with E-state index < -0.39 is 33.7 Å². The molecule has 0 spiro atoms. The van der Waals surface area contributed by atoms with Crippen LogP contribution >= 0.6 is 0 Å². The molecular weight excluding hydrogens is 283 g/mol. The first-order chi connectivity index (χ1) is 6.69. The lowest BCUT2D eigenvalue weighted by molar-refractivity contribution is -0.315. The zero-order valence-corrected chi connectivity index (χ0v) is 7.52. The molecule has 0 aromatic rings. The maximum absolute atomic E-state index is 12.1. The van der Waals surface area contributed by atoms with Crippen LogP contribution in [0.3, 0.4) is 0 Å². The standard InChI is InChI=1S/C4HF9O2S/c5-1(6)2(7,8)3(9,10)4(11,12)16(13,14)15/h1H. The Morgan fingerprint density at radius 3 is 1.38 bits per heavy atom. The molecule has 16 heavy (non-hydrogen) atoms. The Bertz CT molecular complexity index is 358. The van der Waals surface area contributed by atoms with E-state index in [-0.39, 0.29) is 0 Å². The van der Waals surface area contributed by atoms with Crippen molar-refractivity contribution in [3.8, 4) is 0 Å². The maximum atomic E-state index is 12.1. The van der Waals surface area contributed by atoms with Gasteiger partial charge in [0.15, 0.2) is 0 Å². The lowest BCUT2D eigenvalue weighted by atomic mass is 10.2. The van der Waals surface area contributed by atoms with Crippen LogP contribution in [0.4, 0.5) is 39.0 Å². The van der Waals surface area contributed by atoms with Gasteiger partial charge in [0, 0.05) is 0 Å². The number of rotatable bonds is 4. The SMILES string of the molecule is O=S(=O)(F)C(F)(F)C(F)(F)C(F)(F)C(F)F. The molecule has 0 saturated heterocycles. The van der Waals surface area contributed by atoms with Gasteiger partial charge in [0.25, 0.3) is 0 Å². The van der Waals surface area contributed by atoms with Crippen molar-refractivity contribution in [2.24, 2.45) is 0 Å². The van der Waals surface area contributed by atoms with Gasteiger partial charge in [0.05, 0.1) is 0 Å². The van der Waals surface area contributed by atoms with Crippen LogP contribution in [0.2, 0.25) is 0 Å². The number of alkyl halides is 8. The third-order valence-electron chi connectivity index (χ3n) is 1.36. The highest BCUT2D eigenvalue weighted by Gasteiger charge is 2.80. The average molecular weight is 284 g/mol. The molecule has 0 amide bonds. The van der Waals surface area contributed by atoms with E-state index in [1.54, 1.807) is 0 Å². The van der Waals surface area contributed by atoms with Crippen LogP contribution in [0, 0.1) is 0 Å². The quantitative estimate of drug-likeness (QED) is 0.587. The molecule has 0 heterocycles. The fourth-order valence-electron chi connectivity index (χ4n) is 0.484. The van der Waals surface area contributed by atoms with Crippen LogP contribution in [0.25, 0.3) is 0 Å². The summed E-state index contributed by atoms with van der Waals surface area (Å²) < 4.78 is 126. The molecule has 0 aliphatic heterocycles. The van der Waals surface area contributed by atoms with Crippen molar-refractivity contribution in [1.82, 2.24) is 0 Å². The van der Waals surface area contributed by atoms with Crippen LogP contribution in [0.1, 0.15) is 0 Å². The van der Waals surface area contributed by atoms with E-state index in [9.17, 15) is 47.4 Å². The van der Waals surface area contributed by atoms with Crippen LogP contribution in [0.5, 0.6) is 0 Å². The summed E-state index contributed by atoms with van der Waals surface area (Å²) in [6.45, 7) is 0. The predicted octanol–water partition coefficient (Wildman–Crippen LogP) is 2.41. The highest BCUT2D eigenvalue weighted by Crippen LogP contribution is 2.51. The normalized spacial score (nSPS) is 15.6. The molecule has 12 heteroatoms. The molecular formula is C4HF9O2S. The van der Waals surface area contributed by atoms with Gasteiger partial charge in [-0.2, -0.15) is 34.8 Å². The Balaban J connectivity index is 5.72. The van der Waals surface area contributed by atoms with Gasteiger partial charge in [-0.25, -0.2) is 8.78 Å². The van der Waals surface area contributed by atoms with Gasteiger partial charge >= 0.3 is 33.7 Å². The second-order valence-electron chi connectivity index (χ2n) is 2.45. The summed E-state index contributed by atoms with van der Waals surface area (Å²) >= 11 is 0. The predicted molar refractivity (Wildman–Crippen MR) is 30.9 cm³/mol. The van der Waals surface area contributed by atoms with Crippen molar-refractivity contribution < 1.29 is 47.4 Å². The molecule has 0 aromatic heterocycles. The minimum Gasteiger partial charge on any atom is -0.203 e. The van der Waals surface area contributed by atoms with E-state index in [1.807, 2.05) is 0 Å². The summed E-state index contributed by atoms with van der Waals surface area (Å²) in [5.74, 6) is -13.8. The molecule has 0 rings (SSSR count). The van der Waals surface area contributed by atoms with Gasteiger partial charge in [-0.15, -0.1) is 0 Å². The van der Waals surface area contributed by atoms with E-state index >= 15 is 0 Å². The van der Waals surface area contributed by atoms with Crippen molar-refractivity contribution in [2.45, 2.75) is 23.5 Å². The lowest BCUT2D eigenvalue weighted by Crippen LogP contribution is -2.59. The highest BCUT2D eigenvalue weighted by molar-refractivity contribution is 7.87. The van der Waals surface area contributed by atoms with E-state index in [0.29, 0.717) is 0 Å². The molecule has 0 radical (unpaired) electrons. The molecule has 0 bridgehead atoms. The van der Waals surface area contributed by atoms with E-state index in [4.69, 9.17) is 0 Å². The second kappa shape index (κ2) is 3.67. The second-order valence-corrected chi connectivity index (χ2v) is 3.84. The van der Waals surface area contributed by atoms with Crippen LogP contribution in [0.15, 0.2) is 0 Å². The van der Waals surface area contributed by atoms with Crippen molar-refractivity contribution >= 4 is 10.2 Å². The van der Waals surface area contributed by atoms with Crippen LogP contribution in [-0.2, 0) is 10.2 Å². The summed E-state index contributed by atoms with van der Waals surface area (Å²) in [5.41, 5.74) is 0.